The van der Waals surface area contributed by atoms with E-state index in [1.807, 2.05) is 13.8 Å². The Balaban J connectivity index is 2.16. The zero-order valence-electron chi connectivity index (χ0n) is 9.46. The van der Waals surface area contributed by atoms with Crippen LogP contribution < -0.4 is 5.32 Å². The van der Waals surface area contributed by atoms with Crippen molar-refractivity contribution in [1.82, 2.24) is 5.32 Å². The van der Waals surface area contributed by atoms with Crippen molar-refractivity contribution in [3.63, 3.8) is 0 Å². The van der Waals surface area contributed by atoms with Gasteiger partial charge in [0, 0.05) is 13.2 Å². The molecule has 5 heteroatoms. The predicted molar refractivity (Wildman–Crippen MR) is 64.4 cm³/mol. The minimum Gasteiger partial charge on any atom is -0.444 e. The van der Waals surface area contributed by atoms with E-state index >= 15 is 0 Å². The van der Waals surface area contributed by atoms with Crippen LogP contribution in [0.5, 0.6) is 0 Å². The maximum atomic E-state index is 11.5. The highest BCUT2D eigenvalue weighted by molar-refractivity contribution is 9.10. The summed E-state index contributed by atoms with van der Waals surface area (Å²) in [4.78, 5) is 11.5. The van der Waals surface area contributed by atoms with Crippen molar-refractivity contribution < 1.29 is 13.9 Å². The summed E-state index contributed by atoms with van der Waals surface area (Å²) in [5.41, 5.74) is 0. The van der Waals surface area contributed by atoms with Crippen LogP contribution in [0.1, 0.15) is 30.8 Å². The van der Waals surface area contributed by atoms with Crippen molar-refractivity contribution in [2.45, 2.75) is 26.4 Å². The molecule has 0 aliphatic rings. The van der Waals surface area contributed by atoms with Crippen LogP contribution in [-0.2, 0) is 4.74 Å². The molecule has 1 heterocycles. The van der Waals surface area contributed by atoms with Crippen LogP contribution in [0.2, 0.25) is 0 Å². The molecule has 0 aromatic carbocycles. The Kier molecular flexibility index (Phi) is 5.55. The fourth-order valence-corrected chi connectivity index (χ4v) is 1.42. The quantitative estimate of drug-likeness (QED) is 0.819. The molecular formula is C11H16BrNO3. The van der Waals surface area contributed by atoms with Gasteiger partial charge in [-0.15, -0.1) is 0 Å². The van der Waals surface area contributed by atoms with E-state index in [0.29, 0.717) is 23.6 Å². The first-order chi connectivity index (χ1) is 7.59. The van der Waals surface area contributed by atoms with Crippen molar-refractivity contribution in [3.05, 3.63) is 22.6 Å². The van der Waals surface area contributed by atoms with Gasteiger partial charge in [-0.3, -0.25) is 4.79 Å². The Hall–Kier alpha value is -0.810. The minimum atomic E-state index is -0.199. The fourth-order valence-electron chi connectivity index (χ4n) is 1.12. The Labute approximate surface area is 103 Å². The maximum Gasteiger partial charge on any atom is 0.287 e. The highest BCUT2D eigenvalue weighted by Gasteiger charge is 2.08. The number of carbonyl (C=O) groups is 1. The number of amides is 1. The van der Waals surface area contributed by atoms with Gasteiger partial charge >= 0.3 is 0 Å². The summed E-state index contributed by atoms with van der Waals surface area (Å²) in [6.45, 7) is 5.21. The smallest absolute Gasteiger partial charge is 0.287 e. The molecule has 4 nitrogen and oxygen atoms in total. The molecule has 1 aromatic heterocycles. The molecule has 0 aliphatic carbocycles. The van der Waals surface area contributed by atoms with E-state index in [9.17, 15) is 4.79 Å². The molecule has 1 rings (SSSR count). The molecule has 0 bridgehead atoms. The summed E-state index contributed by atoms with van der Waals surface area (Å²) < 4.78 is 11.0. The van der Waals surface area contributed by atoms with E-state index < -0.39 is 0 Å². The molecule has 0 fully saturated rings. The minimum absolute atomic E-state index is 0.199. The molecule has 0 unspecified atom stereocenters. The molecule has 0 atom stereocenters. The van der Waals surface area contributed by atoms with E-state index in [0.717, 1.165) is 6.42 Å². The number of hydrogen-bond donors (Lipinski definition) is 1. The molecular weight excluding hydrogens is 274 g/mol. The largest absolute Gasteiger partial charge is 0.444 e. The molecule has 1 N–H and O–H groups in total. The molecule has 0 spiro atoms. The Morgan fingerprint density at radius 1 is 1.56 bits per heavy atom. The molecule has 90 valence electrons. The van der Waals surface area contributed by atoms with Crippen molar-refractivity contribution in [3.8, 4) is 0 Å². The second-order valence-electron chi connectivity index (χ2n) is 3.63. The molecule has 1 aromatic rings. The van der Waals surface area contributed by atoms with E-state index in [1.54, 1.807) is 12.1 Å². The predicted octanol–water partition coefficient (Wildman–Crippen LogP) is 2.59. The molecule has 0 saturated carbocycles. The van der Waals surface area contributed by atoms with Gasteiger partial charge in [-0.1, -0.05) is 0 Å². The standard InChI is InChI=1S/C11H16BrNO3/c1-8(2)15-7-3-6-13-11(14)9-4-5-10(12)16-9/h4-5,8H,3,6-7H2,1-2H3,(H,13,14). The normalized spacial score (nSPS) is 10.8. The average molecular weight is 290 g/mol. The zero-order chi connectivity index (χ0) is 12.0. The van der Waals surface area contributed by atoms with Crippen LogP contribution in [0.25, 0.3) is 0 Å². The van der Waals surface area contributed by atoms with Gasteiger partial charge in [0.1, 0.15) is 0 Å². The van der Waals surface area contributed by atoms with Gasteiger partial charge in [0.25, 0.3) is 5.91 Å². The van der Waals surface area contributed by atoms with E-state index in [1.165, 1.54) is 0 Å². The van der Waals surface area contributed by atoms with Crippen molar-refractivity contribution in [1.29, 1.82) is 0 Å². The van der Waals surface area contributed by atoms with E-state index in [-0.39, 0.29) is 12.0 Å². The number of hydrogen-bond acceptors (Lipinski definition) is 3. The Morgan fingerprint density at radius 3 is 2.88 bits per heavy atom. The first-order valence-electron chi connectivity index (χ1n) is 5.24. The fraction of sp³-hybridized carbons (Fsp3) is 0.545. The van der Waals surface area contributed by atoms with E-state index in [2.05, 4.69) is 21.2 Å². The lowest BCUT2D eigenvalue weighted by molar-refractivity contribution is 0.0753. The summed E-state index contributed by atoms with van der Waals surface area (Å²) >= 11 is 3.14. The monoisotopic (exact) mass is 289 g/mol. The SMILES string of the molecule is CC(C)OCCCNC(=O)c1ccc(Br)o1. The van der Waals surface area contributed by atoms with Crippen LogP contribution >= 0.6 is 15.9 Å². The van der Waals surface area contributed by atoms with Crippen LogP contribution in [0.3, 0.4) is 0 Å². The number of carbonyl (C=O) groups excluding carboxylic acids is 1. The number of rotatable bonds is 6. The highest BCUT2D eigenvalue weighted by atomic mass is 79.9. The summed E-state index contributed by atoms with van der Waals surface area (Å²) in [6.07, 6.45) is 1.03. The lowest BCUT2D eigenvalue weighted by Crippen LogP contribution is -2.25. The molecule has 16 heavy (non-hydrogen) atoms. The maximum absolute atomic E-state index is 11.5. The highest BCUT2D eigenvalue weighted by Crippen LogP contribution is 2.13. The topological polar surface area (TPSA) is 51.5 Å². The summed E-state index contributed by atoms with van der Waals surface area (Å²) in [7, 11) is 0. The van der Waals surface area contributed by atoms with Crippen LogP contribution in [0.15, 0.2) is 21.2 Å². The number of halogens is 1. The average Bonchev–Trinajstić information content (AvgIpc) is 2.63. The second kappa shape index (κ2) is 6.70. The van der Waals surface area contributed by atoms with Crippen LogP contribution in [-0.4, -0.2) is 25.2 Å². The van der Waals surface area contributed by atoms with Gasteiger partial charge in [-0.2, -0.15) is 0 Å². The van der Waals surface area contributed by atoms with Crippen molar-refractivity contribution in [2.75, 3.05) is 13.2 Å². The Morgan fingerprint density at radius 2 is 2.31 bits per heavy atom. The van der Waals surface area contributed by atoms with Crippen molar-refractivity contribution in [2.24, 2.45) is 0 Å². The van der Waals surface area contributed by atoms with Gasteiger partial charge in [-0.25, -0.2) is 0 Å². The summed E-state index contributed by atoms with van der Waals surface area (Å²) in [6, 6.07) is 3.32. The van der Waals surface area contributed by atoms with Crippen LogP contribution in [0, 0.1) is 0 Å². The number of nitrogens with one attached hydrogen (secondary N) is 1. The lowest BCUT2D eigenvalue weighted by Gasteiger charge is -2.07. The third-order valence-electron chi connectivity index (χ3n) is 1.85. The Bertz CT molecular complexity index is 336. The van der Waals surface area contributed by atoms with Crippen molar-refractivity contribution >= 4 is 21.8 Å². The molecule has 0 aliphatic heterocycles. The first kappa shape index (κ1) is 13.3. The zero-order valence-corrected chi connectivity index (χ0v) is 11.0. The first-order valence-corrected chi connectivity index (χ1v) is 6.04. The number of furan rings is 1. The van der Waals surface area contributed by atoms with E-state index in [4.69, 9.17) is 9.15 Å². The lowest BCUT2D eigenvalue weighted by atomic mass is 10.4. The summed E-state index contributed by atoms with van der Waals surface area (Å²) in [5, 5.41) is 2.75. The molecule has 0 saturated heterocycles. The van der Waals surface area contributed by atoms with Crippen LogP contribution in [0.4, 0.5) is 0 Å². The van der Waals surface area contributed by atoms with Gasteiger partial charge < -0.3 is 14.5 Å². The van der Waals surface area contributed by atoms with Gasteiger partial charge in [0.15, 0.2) is 10.4 Å². The summed E-state index contributed by atoms with van der Waals surface area (Å²) in [5.74, 6) is 0.117. The number of ether oxygens (including phenoxy) is 1. The van der Waals surface area contributed by atoms with Gasteiger partial charge in [0.2, 0.25) is 0 Å². The van der Waals surface area contributed by atoms with Gasteiger partial charge in [0.05, 0.1) is 6.10 Å². The second-order valence-corrected chi connectivity index (χ2v) is 4.41. The van der Waals surface area contributed by atoms with Gasteiger partial charge in [-0.05, 0) is 48.3 Å². The molecule has 1 amide bonds. The molecule has 0 radical (unpaired) electrons. The third kappa shape index (κ3) is 4.81. The third-order valence-corrected chi connectivity index (χ3v) is 2.28.